The summed E-state index contributed by atoms with van der Waals surface area (Å²) in [5, 5.41) is 9.35. The summed E-state index contributed by atoms with van der Waals surface area (Å²) in [4.78, 5) is 16.1. The standard InChI is InChI=1S/C19H38N4O4S/c1-18(2,3)27-17(24)23-15-10-8-14(9-11-15)22-16(20-7)21-12-13-28(25,26)19(4,5)6/h14-15H,8-13H2,1-7H3,(H,23,24)(H2,20,21,22). The number of ether oxygens (including phenoxy) is 1. The van der Waals surface area contributed by atoms with Crippen molar-refractivity contribution in [3.05, 3.63) is 0 Å². The summed E-state index contributed by atoms with van der Waals surface area (Å²) in [6.07, 6.45) is 3.11. The van der Waals surface area contributed by atoms with E-state index in [-0.39, 0.29) is 23.9 Å². The molecule has 1 rings (SSSR count). The molecule has 0 atom stereocenters. The molecule has 0 heterocycles. The molecule has 1 aliphatic rings. The lowest BCUT2D eigenvalue weighted by atomic mass is 9.91. The summed E-state index contributed by atoms with van der Waals surface area (Å²) in [5.74, 6) is 0.664. The second kappa shape index (κ2) is 9.80. The Labute approximate surface area is 170 Å². The highest BCUT2D eigenvalue weighted by molar-refractivity contribution is 7.92. The van der Waals surface area contributed by atoms with Crippen LogP contribution >= 0.6 is 0 Å². The van der Waals surface area contributed by atoms with Crippen LogP contribution < -0.4 is 16.0 Å². The molecule has 1 amide bonds. The van der Waals surface area contributed by atoms with E-state index < -0.39 is 20.2 Å². The molecule has 1 fully saturated rings. The minimum Gasteiger partial charge on any atom is -0.444 e. The maximum Gasteiger partial charge on any atom is 0.407 e. The fraction of sp³-hybridized carbons (Fsp3) is 0.895. The van der Waals surface area contributed by atoms with E-state index in [9.17, 15) is 13.2 Å². The number of rotatable bonds is 5. The average molecular weight is 419 g/mol. The van der Waals surface area contributed by atoms with Gasteiger partial charge in [-0.3, -0.25) is 4.99 Å². The molecule has 0 aliphatic heterocycles. The first-order chi connectivity index (χ1) is 12.7. The van der Waals surface area contributed by atoms with Crippen molar-refractivity contribution in [2.24, 2.45) is 4.99 Å². The van der Waals surface area contributed by atoms with Crippen molar-refractivity contribution in [1.29, 1.82) is 0 Å². The first-order valence-electron chi connectivity index (χ1n) is 9.92. The first kappa shape index (κ1) is 24.5. The van der Waals surface area contributed by atoms with Gasteiger partial charge < -0.3 is 20.7 Å². The van der Waals surface area contributed by atoms with Crippen molar-refractivity contribution < 1.29 is 17.9 Å². The van der Waals surface area contributed by atoms with E-state index in [1.54, 1.807) is 27.8 Å². The van der Waals surface area contributed by atoms with Crippen LogP contribution in [0, 0.1) is 0 Å². The predicted octanol–water partition coefficient (Wildman–Crippen LogP) is 2.20. The highest BCUT2D eigenvalue weighted by atomic mass is 32.2. The Bertz CT molecular complexity index is 640. The Kier molecular flexibility index (Phi) is 8.59. The number of hydrogen-bond acceptors (Lipinski definition) is 5. The normalized spacial score (nSPS) is 21.8. The van der Waals surface area contributed by atoms with Crippen LogP contribution in [0.3, 0.4) is 0 Å². The van der Waals surface area contributed by atoms with Crippen LogP contribution in [0.15, 0.2) is 4.99 Å². The van der Waals surface area contributed by atoms with Crippen LogP contribution in [0.1, 0.15) is 67.2 Å². The highest BCUT2D eigenvalue weighted by Gasteiger charge is 2.29. The number of nitrogens with zero attached hydrogens (tertiary/aromatic N) is 1. The summed E-state index contributed by atoms with van der Waals surface area (Å²) >= 11 is 0. The summed E-state index contributed by atoms with van der Waals surface area (Å²) in [6.45, 7) is 11.0. The van der Waals surface area contributed by atoms with E-state index >= 15 is 0 Å². The number of sulfone groups is 1. The number of aliphatic imine (C=N–C) groups is 1. The van der Waals surface area contributed by atoms with Crippen molar-refractivity contribution in [2.45, 2.75) is 89.7 Å². The van der Waals surface area contributed by atoms with Crippen molar-refractivity contribution in [3.63, 3.8) is 0 Å². The van der Waals surface area contributed by atoms with E-state index in [1.807, 2.05) is 20.8 Å². The van der Waals surface area contributed by atoms with Gasteiger partial charge in [0.2, 0.25) is 0 Å². The number of amides is 1. The number of alkyl carbamates (subject to hydrolysis) is 1. The van der Waals surface area contributed by atoms with Crippen LogP contribution in [0.4, 0.5) is 4.79 Å². The average Bonchev–Trinajstić information content (AvgIpc) is 2.52. The lowest BCUT2D eigenvalue weighted by Gasteiger charge is -2.31. The topological polar surface area (TPSA) is 109 Å². The minimum atomic E-state index is -3.16. The molecule has 164 valence electrons. The molecule has 0 saturated heterocycles. The molecule has 3 N–H and O–H groups in total. The highest BCUT2D eigenvalue weighted by Crippen LogP contribution is 2.19. The number of carbonyl (C=O) groups is 1. The van der Waals surface area contributed by atoms with Crippen LogP contribution in [-0.2, 0) is 14.6 Å². The smallest absolute Gasteiger partial charge is 0.407 e. The molecule has 1 saturated carbocycles. The third-order valence-electron chi connectivity index (χ3n) is 4.61. The van der Waals surface area contributed by atoms with E-state index in [4.69, 9.17) is 4.74 Å². The minimum absolute atomic E-state index is 0.0593. The van der Waals surface area contributed by atoms with Gasteiger partial charge in [-0.2, -0.15) is 0 Å². The molecule has 8 nitrogen and oxygen atoms in total. The van der Waals surface area contributed by atoms with Gasteiger partial charge in [-0.15, -0.1) is 0 Å². The van der Waals surface area contributed by atoms with Gasteiger partial charge in [0.15, 0.2) is 15.8 Å². The van der Waals surface area contributed by atoms with Gasteiger partial charge in [0.05, 0.1) is 10.5 Å². The zero-order valence-corrected chi connectivity index (χ0v) is 19.2. The van der Waals surface area contributed by atoms with Crippen LogP contribution in [0.25, 0.3) is 0 Å². The largest absolute Gasteiger partial charge is 0.444 e. The van der Waals surface area contributed by atoms with Crippen molar-refractivity contribution in [2.75, 3.05) is 19.3 Å². The van der Waals surface area contributed by atoms with Gasteiger partial charge in [-0.05, 0) is 67.2 Å². The van der Waals surface area contributed by atoms with E-state index in [0.717, 1.165) is 25.7 Å². The molecule has 28 heavy (non-hydrogen) atoms. The monoisotopic (exact) mass is 418 g/mol. The van der Waals surface area contributed by atoms with Gasteiger partial charge in [0, 0.05) is 25.7 Å². The van der Waals surface area contributed by atoms with Crippen LogP contribution in [0.5, 0.6) is 0 Å². The third kappa shape index (κ3) is 8.67. The van der Waals surface area contributed by atoms with Gasteiger partial charge in [-0.1, -0.05) is 0 Å². The molecule has 0 spiro atoms. The Morgan fingerprint density at radius 2 is 1.50 bits per heavy atom. The molecule has 0 aromatic carbocycles. The SMILES string of the molecule is CN=C(NCCS(=O)(=O)C(C)(C)C)NC1CCC(NC(=O)OC(C)(C)C)CC1. The maximum atomic E-state index is 12.2. The quantitative estimate of drug-likeness (QED) is 0.466. The maximum absolute atomic E-state index is 12.2. The number of guanidine groups is 1. The van der Waals surface area contributed by atoms with Crippen molar-refractivity contribution in [1.82, 2.24) is 16.0 Å². The van der Waals surface area contributed by atoms with Crippen molar-refractivity contribution in [3.8, 4) is 0 Å². The van der Waals surface area contributed by atoms with Gasteiger partial charge in [0.1, 0.15) is 5.60 Å². The van der Waals surface area contributed by atoms with Gasteiger partial charge in [-0.25, -0.2) is 13.2 Å². The molecular formula is C19H38N4O4S. The van der Waals surface area contributed by atoms with E-state index in [1.165, 1.54) is 0 Å². The predicted molar refractivity (Wildman–Crippen MR) is 113 cm³/mol. The van der Waals surface area contributed by atoms with Gasteiger partial charge in [0.25, 0.3) is 0 Å². The third-order valence-corrected chi connectivity index (χ3v) is 7.22. The summed E-state index contributed by atoms with van der Waals surface area (Å²) < 4.78 is 28.9. The van der Waals surface area contributed by atoms with Crippen molar-refractivity contribution >= 4 is 21.9 Å². The molecule has 1 aliphatic carbocycles. The first-order valence-corrected chi connectivity index (χ1v) is 11.6. The molecule has 0 aromatic heterocycles. The zero-order chi connectivity index (χ0) is 21.6. The van der Waals surface area contributed by atoms with Crippen LogP contribution in [-0.4, -0.2) is 62.2 Å². The zero-order valence-electron chi connectivity index (χ0n) is 18.4. The molecular weight excluding hydrogens is 380 g/mol. The number of carbonyl (C=O) groups excluding carboxylic acids is 1. The summed E-state index contributed by atoms with van der Waals surface area (Å²) in [7, 11) is -1.49. The van der Waals surface area contributed by atoms with Gasteiger partial charge >= 0.3 is 6.09 Å². The summed E-state index contributed by atoms with van der Waals surface area (Å²) in [5.41, 5.74) is -0.499. The molecule has 0 radical (unpaired) electrons. The Hall–Kier alpha value is -1.51. The van der Waals surface area contributed by atoms with Crippen LogP contribution in [0.2, 0.25) is 0 Å². The Balaban J connectivity index is 2.38. The molecule has 0 unspecified atom stereocenters. The second-order valence-electron chi connectivity index (χ2n) is 9.27. The molecule has 0 aromatic rings. The summed E-state index contributed by atoms with van der Waals surface area (Å²) in [6, 6.07) is 0.349. The fourth-order valence-corrected chi connectivity index (χ4v) is 3.84. The lowest BCUT2D eigenvalue weighted by molar-refractivity contribution is 0.0490. The Morgan fingerprint density at radius 1 is 1.00 bits per heavy atom. The van der Waals surface area contributed by atoms with E-state index in [2.05, 4.69) is 20.9 Å². The fourth-order valence-electron chi connectivity index (χ4n) is 2.85. The van der Waals surface area contributed by atoms with E-state index in [0.29, 0.717) is 12.5 Å². The molecule has 0 bridgehead atoms. The second-order valence-corrected chi connectivity index (χ2v) is 12.1. The lowest BCUT2D eigenvalue weighted by Crippen LogP contribution is -2.49. The number of nitrogens with one attached hydrogen (secondary N) is 3. The Morgan fingerprint density at radius 3 is 1.93 bits per heavy atom. The molecule has 9 heteroatoms. The number of hydrogen-bond donors (Lipinski definition) is 3.